The molecular formula is C25H18ClF3N4O3. The number of nitrogens with zero attached hydrogens (tertiary/aromatic N) is 2. The molecule has 0 aliphatic heterocycles. The van der Waals surface area contributed by atoms with E-state index in [4.69, 9.17) is 11.6 Å². The number of halogens is 4. The molecule has 4 rings (SSSR count). The second-order valence-corrected chi connectivity index (χ2v) is 8.02. The maximum Gasteiger partial charge on any atom is 0.416 e. The van der Waals surface area contributed by atoms with Crippen LogP contribution in [0, 0.1) is 0 Å². The molecule has 11 heteroatoms. The summed E-state index contributed by atoms with van der Waals surface area (Å²) in [5.41, 5.74) is -2.79. The Bertz CT molecular complexity index is 1550. The molecule has 184 valence electrons. The third-order valence-corrected chi connectivity index (χ3v) is 5.39. The lowest BCUT2D eigenvalue weighted by molar-refractivity contribution is -0.138. The standard InChI is InChI=1S/C25H18ClF3N4O3/c26-16-8-6-11-18(13-16)33-23(35)20(22(34)32-24(33)36)21(31-17-9-2-1-3-10-17)30-14-15-7-4-5-12-19(15)25(27,28)29/h1-13,35H,14H2,(H,30,31)(H,32,34,36). The van der Waals surface area contributed by atoms with Crippen LogP contribution >= 0.6 is 11.6 Å². The van der Waals surface area contributed by atoms with Gasteiger partial charge in [0.05, 0.1) is 17.8 Å². The molecule has 0 radical (unpaired) electrons. The van der Waals surface area contributed by atoms with Gasteiger partial charge in [-0.3, -0.25) is 14.8 Å². The highest BCUT2D eigenvalue weighted by atomic mass is 35.5. The van der Waals surface area contributed by atoms with Crippen LogP contribution < -0.4 is 16.6 Å². The fourth-order valence-electron chi connectivity index (χ4n) is 3.53. The van der Waals surface area contributed by atoms with E-state index < -0.39 is 41.0 Å². The van der Waals surface area contributed by atoms with Crippen molar-refractivity contribution in [2.24, 2.45) is 4.99 Å². The van der Waals surface area contributed by atoms with E-state index in [0.717, 1.165) is 10.6 Å². The van der Waals surface area contributed by atoms with Crippen molar-refractivity contribution in [1.82, 2.24) is 9.55 Å². The summed E-state index contributed by atoms with van der Waals surface area (Å²) in [4.78, 5) is 31.7. The van der Waals surface area contributed by atoms with Crippen LogP contribution in [0.3, 0.4) is 0 Å². The largest absolute Gasteiger partial charge is 0.493 e. The van der Waals surface area contributed by atoms with E-state index in [9.17, 15) is 27.9 Å². The zero-order valence-electron chi connectivity index (χ0n) is 18.4. The molecule has 1 heterocycles. The van der Waals surface area contributed by atoms with Crippen LogP contribution in [0.1, 0.15) is 16.7 Å². The average molecular weight is 515 g/mol. The summed E-state index contributed by atoms with van der Waals surface area (Å²) >= 11 is 6.01. The number of H-pyrrole nitrogens is 1. The molecule has 0 atom stereocenters. The lowest BCUT2D eigenvalue weighted by Gasteiger charge is -2.16. The summed E-state index contributed by atoms with van der Waals surface area (Å²) in [6, 6.07) is 19.3. The Morgan fingerprint density at radius 1 is 1.00 bits per heavy atom. The first-order valence-corrected chi connectivity index (χ1v) is 10.9. The predicted octanol–water partition coefficient (Wildman–Crippen LogP) is 4.96. The quantitative estimate of drug-likeness (QED) is 0.259. The number of amidine groups is 1. The average Bonchev–Trinajstić information content (AvgIpc) is 2.82. The molecular weight excluding hydrogens is 497 g/mol. The Hall–Kier alpha value is -4.31. The number of aromatic hydroxyl groups is 1. The second-order valence-electron chi connectivity index (χ2n) is 7.58. The highest BCUT2D eigenvalue weighted by Gasteiger charge is 2.33. The molecule has 0 fully saturated rings. The van der Waals surface area contributed by atoms with Crippen molar-refractivity contribution in [3.05, 3.63) is 121 Å². The van der Waals surface area contributed by atoms with Crippen molar-refractivity contribution < 1.29 is 18.3 Å². The normalized spacial score (nSPS) is 11.9. The van der Waals surface area contributed by atoms with Gasteiger partial charge in [0.25, 0.3) is 5.56 Å². The van der Waals surface area contributed by atoms with Crippen LogP contribution in [0.5, 0.6) is 5.88 Å². The number of para-hydroxylation sites is 1. The molecule has 0 amide bonds. The van der Waals surface area contributed by atoms with Gasteiger partial charge < -0.3 is 10.4 Å². The first-order chi connectivity index (χ1) is 17.1. The van der Waals surface area contributed by atoms with Crippen LogP contribution in [0.15, 0.2) is 93.4 Å². The molecule has 0 saturated heterocycles. The van der Waals surface area contributed by atoms with Crippen LogP contribution in [0.25, 0.3) is 5.69 Å². The highest BCUT2D eigenvalue weighted by Crippen LogP contribution is 2.32. The van der Waals surface area contributed by atoms with Gasteiger partial charge in [-0.2, -0.15) is 13.2 Å². The Labute approximate surface area is 207 Å². The molecule has 0 unspecified atom stereocenters. The van der Waals surface area contributed by atoms with Crippen molar-refractivity contribution in [3.63, 3.8) is 0 Å². The number of nitrogens with one attached hydrogen (secondary N) is 2. The van der Waals surface area contributed by atoms with Gasteiger partial charge in [0.15, 0.2) is 0 Å². The van der Waals surface area contributed by atoms with Crippen LogP contribution in [0.2, 0.25) is 5.02 Å². The maximum atomic E-state index is 13.5. The summed E-state index contributed by atoms with van der Waals surface area (Å²) in [6.07, 6.45) is -4.61. The summed E-state index contributed by atoms with van der Waals surface area (Å²) in [6.45, 7) is -0.472. The van der Waals surface area contributed by atoms with Gasteiger partial charge in [0, 0.05) is 10.7 Å². The minimum Gasteiger partial charge on any atom is -0.493 e. The number of aliphatic imine (C=N–C) groups is 1. The number of hydrogen-bond acceptors (Lipinski definition) is 4. The van der Waals surface area contributed by atoms with Gasteiger partial charge in [-0.05, 0) is 42.0 Å². The number of aromatic amines is 1. The molecule has 3 aromatic carbocycles. The number of alkyl halides is 3. The predicted molar refractivity (Wildman–Crippen MR) is 131 cm³/mol. The highest BCUT2D eigenvalue weighted by molar-refractivity contribution is 6.30. The van der Waals surface area contributed by atoms with E-state index in [1.54, 1.807) is 42.5 Å². The van der Waals surface area contributed by atoms with Crippen molar-refractivity contribution in [1.29, 1.82) is 0 Å². The third kappa shape index (κ3) is 5.33. The van der Waals surface area contributed by atoms with E-state index in [0.29, 0.717) is 5.69 Å². The van der Waals surface area contributed by atoms with Crippen LogP contribution in [-0.4, -0.2) is 20.5 Å². The fraction of sp³-hybridized carbons (Fsp3) is 0.0800. The fourth-order valence-corrected chi connectivity index (χ4v) is 3.72. The summed E-state index contributed by atoms with van der Waals surface area (Å²) < 4.78 is 41.3. The van der Waals surface area contributed by atoms with Crippen molar-refractivity contribution >= 4 is 23.1 Å². The minimum absolute atomic E-state index is 0.142. The molecule has 1 aromatic heterocycles. The number of rotatable bonds is 5. The van der Waals surface area contributed by atoms with Crippen molar-refractivity contribution in [3.8, 4) is 11.6 Å². The van der Waals surface area contributed by atoms with Crippen LogP contribution in [0.4, 0.5) is 18.9 Å². The Morgan fingerprint density at radius 3 is 2.39 bits per heavy atom. The Kier molecular flexibility index (Phi) is 6.98. The van der Waals surface area contributed by atoms with Crippen molar-refractivity contribution in [2.45, 2.75) is 12.7 Å². The number of aromatic nitrogens is 2. The topological polar surface area (TPSA) is 99.5 Å². The van der Waals surface area contributed by atoms with Gasteiger partial charge in [0.1, 0.15) is 11.4 Å². The molecule has 3 N–H and O–H groups in total. The van der Waals surface area contributed by atoms with Gasteiger partial charge in [0.2, 0.25) is 5.88 Å². The van der Waals surface area contributed by atoms with E-state index in [-0.39, 0.29) is 22.1 Å². The monoisotopic (exact) mass is 514 g/mol. The first kappa shape index (κ1) is 24.8. The summed E-state index contributed by atoms with van der Waals surface area (Å²) in [5, 5.41) is 14.2. The number of benzene rings is 3. The lowest BCUT2D eigenvalue weighted by Crippen LogP contribution is -2.35. The lowest BCUT2D eigenvalue weighted by atomic mass is 10.1. The molecule has 0 aliphatic carbocycles. The Morgan fingerprint density at radius 2 is 1.69 bits per heavy atom. The maximum absolute atomic E-state index is 13.5. The smallest absolute Gasteiger partial charge is 0.416 e. The van der Waals surface area contributed by atoms with Gasteiger partial charge in [-0.25, -0.2) is 9.36 Å². The van der Waals surface area contributed by atoms with E-state index in [1.165, 1.54) is 30.3 Å². The van der Waals surface area contributed by atoms with Gasteiger partial charge in [-0.1, -0.05) is 54.1 Å². The minimum atomic E-state index is -4.61. The van der Waals surface area contributed by atoms with Gasteiger partial charge in [-0.15, -0.1) is 0 Å². The molecule has 0 spiro atoms. The third-order valence-electron chi connectivity index (χ3n) is 5.16. The molecule has 7 nitrogen and oxygen atoms in total. The molecule has 0 saturated carbocycles. The zero-order valence-corrected chi connectivity index (χ0v) is 19.1. The number of anilines is 1. The van der Waals surface area contributed by atoms with E-state index in [1.807, 2.05) is 0 Å². The molecule has 4 aromatic rings. The van der Waals surface area contributed by atoms with E-state index in [2.05, 4.69) is 15.3 Å². The summed E-state index contributed by atoms with van der Waals surface area (Å²) in [5.74, 6) is -1.01. The van der Waals surface area contributed by atoms with Crippen molar-refractivity contribution in [2.75, 3.05) is 5.32 Å². The van der Waals surface area contributed by atoms with Crippen LogP contribution in [-0.2, 0) is 12.7 Å². The second kappa shape index (κ2) is 10.1. The SMILES string of the molecule is O=c1[nH]c(=O)n(-c2cccc(Cl)c2)c(O)c1C(=NCc1ccccc1C(F)(F)F)Nc1ccccc1. The molecule has 0 aliphatic rings. The van der Waals surface area contributed by atoms with E-state index >= 15 is 0 Å². The zero-order chi connectivity index (χ0) is 25.9. The number of hydrogen-bond donors (Lipinski definition) is 3. The first-order valence-electron chi connectivity index (χ1n) is 10.5. The molecule has 0 bridgehead atoms. The summed E-state index contributed by atoms with van der Waals surface area (Å²) in [7, 11) is 0. The molecule has 36 heavy (non-hydrogen) atoms. The van der Waals surface area contributed by atoms with Gasteiger partial charge >= 0.3 is 11.9 Å². The Balaban J connectivity index is 1.89.